The van der Waals surface area contributed by atoms with Gasteiger partial charge in [-0.3, -0.25) is 14.9 Å². The van der Waals surface area contributed by atoms with Gasteiger partial charge in [-0.2, -0.15) is 0 Å². The molecule has 1 N–H and O–H groups in total. The third-order valence-corrected chi connectivity index (χ3v) is 1.77. The molecule has 0 atom stereocenters. The molecule has 14 heavy (non-hydrogen) atoms. The number of anilines is 1. The van der Waals surface area contributed by atoms with Gasteiger partial charge in [-0.25, -0.2) is 0 Å². The molecule has 1 aromatic carbocycles. The molecule has 0 bridgehead atoms. The van der Waals surface area contributed by atoms with E-state index in [4.69, 9.17) is 0 Å². The molecule has 5 heteroatoms. The second kappa shape index (κ2) is 4.36. The number of carbonyl (C=O) groups excluding carboxylic acids is 1. The van der Waals surface area contributed by atoms with Crippen LogP contribution in [0.4, 0.5) is 5.69 Å². The van der Waals surface area contributed by atoms with Crippen molar-refractivity contribution in [2.24, 2.45) is 0 Å². The second-order valence-electron chi connectivity index (χ2n) is 2.71. The van der Waals surface area contributed by atoms with Gasteiger partial charge in [0.1, 0.15) is 0 Å². The number of benzene rings is 1. The van der Waals surface area contributed by atoms with Crippen LogP contribution in [0.3, 0.4) is 0 Å². The fourth-order valence-corrected chi connectivity index (χ4v) is 1.15. The molecule has 0 amide bonds. The Bertz CT molecular complexity index is 363. The fraction of sp³-hybridized carbons (Fsp3) is 0.222. The van der Waals surface area contributed by atoms with E-state index in [9.17, 15) is 14.9 Å². The van der Waals surface area contributed by atoms with Crippen LogP contribution in [-0.2, 0) is 0 Å². The summed E-state index contributed by atoms with van der Waals surface area (Å²) in [5, 5.41) is 13.0. The minimum Gasteiger partial charge on any atom is -0.388 e. The summed E-state index contributed by atoms with van der Waals surface area (Å²) < 4.78 is 0. The Morgan fingerprint density at radius 1 is 1.50 bits per heavy atom. The number of rotatable bonds is 4. The maximum atomic E-state index is 11.4. The van der Waals surface area contributed by atoms with Crippen LogP contribution in [0, 0.1) is 10.1 Å². The summed E-state index contributed by atoms with van der Waals surface area (Å²) in [5.41, 5.74) is 0.964. The van der Waals surface area contributed by atoms with Gasteiger partial charge in [0.25, 0.3) is 6.54 Å². The lowest BCUT2D eigenvalue weighted by molar-refractivity contribution is -0.465. The van der Waals surface area contributed by atoms with E-state index >= 15 is 0 Å². The summed E-state index contributed by atoms with van der Waals surface area (Å²) in [6, 6.07) is 6.70. The lowest BCUT2D eigenvalue weighted by Gasteiger charge is -2.04. The van der Waals surface area contributed by atoms with E-state index in [1.807, 2.05) is 0 Å². The van der Waals surface area contributed by atoms with Crippen LogP contribution in [0.15, 0.2) is 24.3 Å². The Hall–Kier alpha value is -1.91. The zero-order valence-electron chi connectivity index (χ0n) is 7.69. The van der Waals surface area contributed by atoms with Crippen molar-refractivity contribution in [3.63, 3.8) is 0 Å². The van der Waals surface area contributed by atoms with Crippen molar-refractivity contribution >= 4 is 11.5 Å². The van der Waals surface area contributed by atoms with Crippen molar-refractivity contribution < 1.29 is 9.72 Å². The Morgan fingerprint density at radius 3 is 2.71 bits per heavy atom. The number of ketones is 1. The van der Waals surface area contributed by atoms with Gasteiger partial charge in [0.2, 0.25) is 5.78 Å². The average molecular weight is 194 g/mol. The van der Waals surface area contributed by atoms with Gasteiger partial charge in [-0.15, -0.1) is 0 Å². The number of hydrogen-bond acceptors (Lipinski definition) is 4. The number of nitrogens with one attached hydrogen (secondary N) is 1. The first-order chi connectivity index (χ1) is 6.65. The molecule has 1 aromatic rings. The predicted octanol–water partition coefficient (Wildman–Crippen LogP) is 1.19. The Balaban J connectivity index is 2.94. The normalized spacial score (nSPS) is 9.50. The van der Waals surface area contributed by atoms with Crippen LogP contribution in [-0.4, -0.2) is 24.3 Å². The van der Waals surface area contributed by atoms with E-state index in [-0.39, 0.29) is 0 Å². The van der Waals surface area contributed by atoms with Crippen LogP contribution in [0.5, 0.6) is 0 Å². The Labute approximate surface area is 80.9 Å². The van der Waals surface area contributed by atoms with Crippen LogP contribution >= 0.6 is 0 Å². The molecule has 0 saturated carbocycles. The van der Waals surface area contributed by atoms with Gasteiger partial charge in [0.05, 0.1) is 0 Å². The number of nitro groups is 1. The average Bonchev–Trinajstić information content (AvgIpc) is 2.16. The highest BCUT2D eigenvalue weighted by Gasteiger charge is 2.15. The summed E-state index contributed by atoms with van der Waals surface area (Å²) in [6.45, 7) is -0.668. The highest BCUT2D eigenvalue weighted by molar-refractivity contribution is 6.01. The topological polar surface area (TPSA) is 72.2 Å². The predicted molar refractivity (Wildman–Crippen MR) is 52.2 cm³/mol. The molecule has 0 heterocycles. The minimum absolute atomic E-state index is 0.353. The third-order valence-electron chi connectivity index (χ3n) is 1.77. The molecule has 0 fully saturated rings. The van der Waals surface area contributed by atoms with Gasteiger partial charge in [-0.1, -0.05) is 12.1 Å². The van der Waals surface area contributed by atoms with Crippen molar-refractivity contribution in [1.82, 2.24) is 0 Å². The molecule has 5 nitrogen and oxygen atoms in total. The standard InChI is InChI=1S/C9H10N2O3/c1-10-8-5-3-2-4-7(8)9(12)6-11(13)14/h2-5,10H,6H2,1H3. The van der Waals surface area contributed by atoms with E-state index in [1.165, 1.54) is 0 Å². The summed E-state index contributed by atoms with van der Waals surface area (Å²) in [4.78, 5) is 20.9. The minimum atomic E-state index is -0.668. The molecule has 0 unspecified atom stereocenters. The van der Waals surface area contributed by atoms with E-state index in [0.29, 0.717) is 11.3 Å². The zero-order valence-corrected chi connectivity index (χ0v) is 7.69. The molecule has 0 aliphatic heterocycles. The largest absolute Gasteiger partial charge is 0.388 e. The molecule has 0 aromatic heterocycles. The number of nitrogens with zero attached hydrogens (tertiary/aromatic N) is 1. The van der Waals surface area contributed by atoms with Gasteiger partial charge < -0.3 is 5.32 Å². The second-order valence-corrected chi connectivity index (χ2v) is 2.71. The first kappa shape index (κ1) is 10.2. The lowest BCUT2D eigenvalue weighted by Crippen LogP contribution is -2.15. The maximum absolute atomic E-state index is 11.4. The number of para-hydroxylation sites is 1. The van der Waals surface area contributed by atoms with Crippen LogP contribution in [0.25, 0.3) is 0 Å². The van der Waals surface area contributed by atoms with Crippen molar-refractivity contribution in [3.05, 3.63) is 39.9 Å². The van der Waals surface area contributed by atoms with E-state index in [1.54, 1.807) is 31.3 Å². The molecular formula is C9H10N2O3. The third kappa shape index (κ3) is 2.29. The summed E-state index contributed by atoms with van der Waals surface area (Å²) in [7, 11) is 1.66. The van der Waals surface area contributed by atoms with Gasteiger partial charge in [0, 0.05) is 23.2 Å². The van der Waals surface area contributed by atoms with Gasteiger partial charge >= 0.3 is 0 Å². The van der Waals surface area contributed by atoms with Crippen LogP contribution in [0.2, 0.25) is 0 Å². The van der Waals surface area contributed by atoms with Crippen LogP contribution < -0.4 is 5.32 Å². The summed E-state index contributed by atoms with van der Waals surface area (Å²) in [5.74, 6) is -0.486. The Kier molecular flexibility index (Phi) is 3.17. The van der Waals surface area contributed by atoms with Crippen molar-refractivity contribution in [1.29, 1.82) is 0 Å². The Morgan fingerprint density at radius 2 is 2.14 bits per heavy atom. The van der Waals surface area contributed by atoms with Crippen molar-refractivity contribution in [2.45, 2.75) is 0 Å². The SMILES string of the molecule is CNc1ccccc1C(=O)C[N+](=O)[O-]. The molecule has 74 valence electrons. The zero-order chi connectivity index (χ0) is 10.6. The lowest BCUT2D eigenvalue weighted by atomic mass is 10.1. The monoisotopic (exact) mass is 194 g/mol. The molecule has 0 radical (unpaired) electrons. The van der Waals surface area contributed by atoms with Crippen LogP contribution in [0.1, 0.15) is 10.4 Å². The first-order valence-corrected chi connectivity index (χ1v) is 4.07. The van der Waals surface area contributed by atoms with Gasteiger partial charge in [0.15, 0.2) is 0 Å². The van der Waals surface area contributed by atoms with Crippen molar-refractivity contribution in [3.8, 4) is 0 Å². The smallest absolute Gasteiger partial charge is 0.265 e. The molecule has 0 aliphatic carbocycles. The van der Waals surface area contributed by atoms with Gasteiger partial charge in [-0.05, 0) is 12.1 Å². The fourth-order valence-electron chi connectivity index (χ4n) is 1.15. The maximum Gasteiger partial charge on any atom is 0.265 e. The van der Waals surface area contributed by atoms with E-state index in [2.05, 4.69) is 5.32 Å². The van der Waals surface area contributed by atoms with Crippen molar-refractivity contribution in [2.75, 3.05) is 18.9 Å². The summed E-state index contributed by atoms with van der Waals surface area (Å²) >= 11 is 0. The summed E-state index contributed by atoms with van der Waals surface area (Å²) in [6.07, 6.45) is 0. The molecule has 0 spiro atoms. The molecule has 0 aliphatic rings. The molecular weight excluding hydrogens is 184 g/mol. The number of Topliss-reactive ketones (excluding diaryl/α,β-unsaturated/α-hetero) is 1. The molecule has 1 rings (SSSR count). The number of hydrogen-bond donors (Lipinski definition) is 1. The number of carbonyl (C=O) groups is 1. The highest BCUT2D eigenvalue weighted by Crippen LogP contribution is 2.14. The van der Waals surface area contributed by atoms with E-state index < -0.39 is 17.3 Å². The molecule has 0 saturated heterocycles. The highest BCUT2D eigenvalue weighted by atomic mass is 16.6. The quantitative estimate of drug-likeness (QED) is 0.444. The first-order valence-electron chi connectivity index (χ1n) is 4.07. The van der Waals surface area contributed by atoms with E-state index in [0.717, 1.165) is 0 Å².